The van der Waals surface area contributed by atoms with Gasteiger partial charge in [-0.2, -0.15) is 0 Å². The van der Waals surface area contributed by atoms with Crippen LogP contribution in [0.25, 0.3) is 0 Å². The number of carbonyl (C=O) groups is 1. The molecule has 0 radical (unpaired) electrons. The summed E-state index contributed by atoms with van der Waals surface area (Å²) in [5.74, 6) is 2.21. The number of carbonyl (C=O) groups excluding carboxylic acids is 1. The van der Waals surface area contributed by atoms with Crippen LogP contribution in [-0.2, 0) is 14.9 Å². The second kappa shape index (κ2) is 11.8. The van der Waals surface area contributed by atoms with E-state index in [9.17, 15) is 28.0 Å². The summed E-state index contributed by atoms with van der Waals surface area (Å²) >= 11 is 0. The van der Waals surface area contributed by atoms with Gasteiger partial charge in [0.2, 0.25) is 5.91 Å². The van der Waals surface area contributed by atoms with Crippen molar-refractivity contribution in [2.24, 2.45) is 46.3 Å². The van der Waals surface area contributed by atoms with E-state index in [1.54, 1.807) is 7.05 Å². The van der Waals surface area contributed by atoms with Crippen LogP contribution in [0.2, 0.25) is 0 Å². The maximum atomic E-state index is 12.5. The molecule has 9 heteroatoms. The van der Waals surface area contributed by atoms with Crippen LogP contribution in [0.1, 0.15) is 85.0 Å². The van der Waals surface area contributed by atoms with Crippen molar-refractivity contribution in [3.05, 3.63) is 0 Å². The van der Waals surface area contributed by atoms with Gasteiger partial charge in [0, 0.05) is 20.0 Å². The van der Waals surface area contributed by atoms with Crippen LogP contribution in [0.15, 0.2) is 0 Å². The molecule has 0 aromatic rings. The molecule has 4 aliphatic rings. The minimum Gasteiger partial charge on any atom is -0.748 e. The Balaban J connectivity index is 0.00000361. The van der Waals surface area contributed by atoms with E-state index in [4.69, 9.17) is 0 Å². The molecule has 4 saturated carbocycles. The summed E-state index contributed by atoms with van der Waals surface area (Å²) < 4.78 is 32.6. The maximum absolute atomic E-state index is 12.5. The second-order valence-corrected chi connectivity index (χ2v) is 14.5. The van der Waals surface area contributed by atoms with E-state index in [2.05, 4.69) is 20.8 Å². The molecule has 4 rings (SSSR count). The fraction of sp³-hybridized carbons (Fsp3) is 0.963. The number of fused-ring (bicyclic) bond motifs is 5. The van der Waals surface area contributed by atoms with Crippen molar-refractivity contribution in [1.29, 1.82) is 0 Å². The van der Waals surface area contributed by atoms with Gasteiger partial charge in [0.1, 0.15) is 0 Å². The maximum Gasteiger partial charge on any atom is 1.00 e. The predicted octanol–water partition coefficient (Wildman–Crippen LogP) is 0.401. The Morgan fingerprint density at radius 2 is 1.78 bits per heavy atom. The number of aliphatic hydroxyl groups excluding tert-OH is 2. The Bertz CT molecular complexity index is 901. The zero-order valence-electron chi connectivity index (χ0n) is 23.0. The summed E-state index contributed by atoms with van der Waals surface area (Å²) in [5.41, 5.74) is 0.0896. The number of nitrogens with zero attached hydrogens (tertiary/aromatic N) is 1. The van der Waals surface area contributed by atoms with Gasteiger partial charge in [-0.05, 0) is 104 Å². The monoisotopic (exact) mass is 551 g/mol. The van der Waals surface area contributed by atoms with E-state index in [0.717, 1.165) is 38.5 Å². The van der Waals surface area contributed by atoms with Crippen LogP contribution < -0.4 is 51.4 Å². The molecule has 36 heavy (non-hydrogen) atoms. The molecular formula is C27H46KNO6S. The van der Waals surface area contributed by atoms with E-state index in [1.165, 1.54) is 17.7 Å². The minimum atomic E-state index is -4.33. The zero-order valence-corrected chi connectivity index (χ0v) is 26.9. The van der Waals surface area contributed by atoms with Gasteiger partial charge in [-0.25, -0.2) is 8.42 Å². The van der Waals surface area contributed by atoms with Crippen LogP contribution in [0.4, 0.5) is 0 Å². The fourth-order valence-electron chi connectivity index (χ4n) is 9.28. The second-order valence-electron chi connectivity index (χ2n) is 13.0. The molecule has 0 spiro atoms. The molecule has 4 aliphatic carbocycles. The van der Waals surface area contributed by atoms with Gasteiger partial charge in [0.25, 0.3) is 0 Å². The molecule has 0 aromatic heterocycles. The Kier molecular flexibility index (Phi) is 10.3. The number of aliphatic hydroxyl groups is 2. The number of rotatable bonds is 7. The Hall–Kier alpha value is 0.936. The molecule has 0 bridgehead atoms. The summed E-state index contributed by atoms with van der Waals surface area (Å²) in [6.07, 6.45) is 8.89. The van der Waals surface area contributed by atoms with E-state index < -0.39 is 15.9 Å². The van der Waals surface area contributed by atoms with Gasteiger partial charge >= 0.3 is 51.4 Å². The Morgan fingerprint density at radius 1 is 1.08 bits per heavy atom. The van der Waals surface area contributed by atoms with Crippen LogP contribution in [0.5, 0.6) is 0 Å². The first-order valence-corrected chi connectivity index (χ1v) is 15.4. The smallest absolute Gasteiger partial charge is 0.748 e. The average molecular weight is 552 g/mol. The SMILES string of the molecule is C[C@H](CCC(=O)N(C)CCS(=O)(=O)[O-])[C@H]1CCC2C3CCC4C[C@H](O)CC[C@]4(C)C3C[C@H](O)[C@@]21C.[K+]. The van der Waals surface area contributed by atoms with Gasteiger partial charge in [0.15, 0.2) is 0 Å². The third-order valence-corrected chi connectivity index (χ3v) is 12.1. The number of hydrogen-bond donors (Lipinski definition) is 2. The molecule has 202 valence electrons. The first-order valence-electron chi connectivity index (χ1n) is 13.8. The molecule has 2 N–H and O–H groups in total. The molecule has 10 atom stereocenters. The van der Waals surface area contributed by atoms with Crippen molar-refractivity contribution in [1.82, 2.24) is 4.90 Å². The first-order chi connectivity index (χ1) is 16.3. The normalized spacial score (nSPS) is 42.9. The molecular weight excluding hydrogens is 505 g/mol. The van der Waals surface area contributed by atoms with Gasteiger partial charge in [-0.15, -0.1) is 0 Å². The topological polar surface area (TPSA) is 118 Å². The third-order valence-electron chi connectivity index (χ3n) is 11.4. The van der Waals surface area contributed by atoms with Crippen molar-refractivity contribution in [2.75, 3.05) is 19.3 Å². The number of amides is 1. The molecule has 4 unspecified atom stereocenters. The molecule has 7 nitrogen and oxygen atoms in total. The zero-order chi connectivity index (χ0) is 25.8. The van der Waals surface area contributed by atoms with Crippen molar-refractivity contribution in [2.45, 2.75) is 97.2 Å². The van der Waals surface area contributed by atoms with Crippen LogP contribution in [-0.4, -0.2) is 65.5 Å². The quantitative estimate of drug-likeness (QED) is 0.349. The molecule has 1 amide bonds. The van der Waals surface area contributed by atoms with E-state index in [1.807, 2.05) is 0 Å². The first kappa shape index (κ1) is 31.5. The van der Waals surface area contributed by atoms with Gasteiger partial charge < -0.3 is 19.7 Å². The van der Waals surface area contributed by atoms with Crippen molar-refractivity contribution < 1.29 is 79.4 Å². The number of hydrogen-bond acceptors (Lipinski definition) is 6. The standard InChI is InChI=1S/C27H47NO6S.K/c1-17(5-10-25(31)28(4)13-14-35(32,33)34)21-8-9-22-20-7-6-18-15-19(29)11-12-26(18,2)23(20)16-24(30)27(21,22)3;/h17-24,29-30H,5-16H2,1-4H3,(H,32,33,34);/q;+1/p-1/t17-,18?,19-,20?,21-,22?,23?,24+,26+,27-;/m1./s1. The van der Waals surface area contributed by atoms with E-state index in [-0.39, 0.29) is 92.8 Å². The summed E-state index contributed by atoms with van der Waals surface area (Å²) in [7, 11) is -2.78. The van der Waals surface area contributed by atoms with Gasteiger partial charge in [0.05, 0.1) is 28.1 Å². The van der Waals surface area contributed by atoms with Crippen LogP contribution in [0, 0.1) is 46.3 Å². The largest absolute Gasteiger partial charge is 1.00 e. The van der Waals surface area contributed by atoms with E-state index >= 15 is 0 Å². The molecule has 0 saturated heterocycles. The van der Waals surface area contributed by atoms with Gasteiger partial charge in [-0.3, -0.25) is 4.79 Å². The summed E-state index contributed by atoms with van der Waals surface area (Å²) in [4.78, 5) is 13.9. The third kappa shape index (κ3) is 5.99. The summed E-state index contributed by atoms with van der Waals surface area (Å²) in [6, 6.07) is 0. The van der Waals surface area contributed by atoms with Crippen molar-refractivity contribution >= 4 is 16.0 Å². The summed E-state index contributed by atoms with van der Waals surface area (Å²) in [6.45, 7) is 6.87. The summed E-state index contributed by atoms with van der Waals surface area (Å²) in [5, 5.41) is 21.9. The molecule has 4 fully saturated rings. The average Bonchev–Trinajstić information content (AvgIpc) is 3.15. The van der Waals surface area contributed by atoms with Crippen LogP contribution >= 0.6 is 0 Å². The van der Waals surface area contributed by atoms with Gasteiger partial charge in [-0.1, -0.05) is 20.8 Å². The molecule has 0 aliphatic heterocycles. The van der Waals surface area contributed by atoms with E-state index in [0.29, 0.717) is 42.4 Å². The van der Waals surface area contributed by atoms with Crippen molar-refractivity contribution in [3.8, 4) is 0 Å². The Morgan fingerprint density at radius 3 is 2.44 bits per heavy atom. The van der Waals surface area contributed by atoms with Crippen molar-refractivity contribution in [3.63, 3.8) is 0 Å². The van der Waals surface area contributed by atoms with Crippen LogP contribution in [0.3, 0.4) is 0 Å². The Labute approximate surface area is 260 Å². The fourth-order valence-corrected chi connectivity index (χ4v) is 9.77. The minimum absolute atomic E-state index is 0. The molecule has 0 heterocycles. The molecule has 0 aromatic carbocycles. The predicted molar refractivity (Wildman–Crippen MR) is 133 cm³/mol.